The van der Waals surface area contributed by atoms with E-state index in [1.807, 2.05) is 31.2 Å². The molecule has 0 amide bonds. The Labute approximate surface area is 93.0 Å². The van der Waals surface area contributed by atoms with E-state index in [0.29, 0.717) is 24.6 Å². The Bertz CT molecular complexity index is 540. The predicted octanol–water partition coefficient (Wildman–Crippen LogP) is 1.73. The second-order valence-electron chi connectivity index (χ2n) is 3.52. The molecule has 2 rings (SSSR count). The molecule has 5 nitrogen and oxygen atoms in total. The van der Waals surface area contributed by atoms with Crippen LogP contribution in [0.5, 0.6) is 0 Å². The van der Waals surface area contributed by atoms with E-state index in [1.165, 1.54) is 5.01 Å². The molecule has 0 atom stereocenters. The van der Waals surface area contributed by atoms with E-state index < -0.39 is 0 Å². The predicted molar refractivity (Wildman–Crippen MR) is 60.5 cm³/mol. The summed E-state index contributed by atoms with van der Waals surface area (Å²) in [7, 11) is 0. The van der Waals surface area contributed by atoms with Gasteiger partial charge in [-0.25, -0.2) is 5.84 Å². The van der Waals surface area contributed by atoms with Crippen LogP contribution in [0.2, 0.25) is 0 Å². The van der Waals surface area contributed by atoms with Gasteiger partial charge in [0.05, 0.1) is 19.0 Å². The minimum absolute atomic E-state index is 0.341. The second-order valence-corrected chi connectivity index (χ2v) is 3.52. The average Bonchev–Trinajstić information content (AvgIpc) is 2.71. The lowest BCUT2D eigenvalue weighted by molar-refractivity contribution is 0.573. The number of oxazole rings is 1. The van der Waals surface area contributed by atoms with Gasteiger partial charge in [0.1, 0.15) is 5.52 Å². The first-order chi connectivity index (χ1) is 7.72. The van der Waals surface area contributed by atoms with E-state index in [9.17, 15) is 0 Å². The lowest BCUT2D eigenvalue weighted by Gasteiger charge is -2.10. The molecule has 2 N–H and O–H groups in total. The first-order valence-electron chi connectivity index (χ1n) is 4.97. The van der Waals surface area contributed by atoms with Crippen molar-refractivity contribution in [2.24, 2.45) is 5.84 Å². The smallest absolute Gasteiger partial charge is 0.313 e. The van der Waals surface area contributed by atoms with Gasteiger partial charge in [-0.2, -0.15) is 10.2 Å². The molecule has 0 unspecified atom stereocenters. The third-order valence-electron chi connectivity index (χ3n) is 2.32. The molecule has 0 aliphatic rings. The third kappa shape index (κ3) is 1.83. The Kier molecular flexibility index (Phi) is 2.75. The summed E-state index contributed by atoms with van der Waals surface area (Å²) in [5, 5.41) is 9.81. The van der Waals surface area contributed by atoms with Crippen LogP contribution in [0, 0.1) is 18.3 Å². The molecular weight excluding hydrogens is 204 g/mol. The molecule has 0 aliphatic carbocycles. The highest BCUT2D eigenvalue weighted by atomic mass is 16.4. The second kappa shape index (κ2) is 4.21. The maximum Gasteiger partial charge on any atom is 0.313 e. The number of para-hydroxylation sites is 1. The number of aryl methyl sites for hydroxylation is 1. The Morgan fingerprint density at radius 1 is 1.56 bits per heavy atom. The number of benzene rings is 1. The molecule has 5 heteroatoms. The minimum Gasteiger partial charge on any atom is -0.422 e. The van der Waals surface area contributed by atoms with Crippen molar-refractivity contribution in [1.29, 1.82) is 5.26 Å². The van der Waals surface area contributed by atoms with E-state index in [1.54, 1.807) is 0 Å². The van der Waals surface area contributed by atoms with E-state index in [-0.39, 0.29) is 0 Å². The molecule has 0 saturated heterocycles. The number of hydrazine groups is 1. The van der Waals surface area contributed by atoms with Crippen molar-refractivity contribution in [2.75, 3.05) is 11.6 Å². The van der Waals surface area contributed by atoms with Crippen LogP contribution in [-0.2, 0) is 0 Å². The van der Waals surface area contributed by atoms with Crippen molar-refractivity contribution in [3.8, 4) is 6.07 Å². The third-order valence-corrected chi connectivity index (χ3v) is 2.32. The molecule has 1 aromatic carbocycles. The summed E-state index contributed by atoms with van der Waals surface area (Å²) in [4.78, 5) is 4.29. The first-order valence-corrected chi connectivity index (χ1v) is 4.97. The highest BCUT2D eigenvalue weighted by molar-refractivity contribution is 5.77. The molecule has 16 heavy (non-hydrogen) atoms. The molecule has 1 heterocycles. The van der Waals surface area contributed by atoms with Crippen LogP contribution < -0.4 is 10.9 Å². The van der Waals surface area contributed by atoms with Gasteiger partial charge in [-0.15, -0.1) is 0 Å². The Hall–Kier alpha value is -2.06. The Balaban J connectivity index is 2.33. The van der Waals surface area contributed by atoms with Gasteiger partial charge in [0.2, 0.25) is 0 Å². The summed E-state index contributed by atoms with van der Waals surface area (Å²) in [6.07, 6.45) is 0.341. The van der Waals surface area contributed by atoms with Crippen molar-refractivity contribution in [2.45, 2.75) is 13.3 Å². The number of aromatic nitrogens is 1. The zero-order valence-corrected chi connectivity index (χ0v) is 8.97. The summed E-state index contributed by atoms with van der Waals surface area (Å²) in [5.74, 6) is 5.72. The molecule has 2 aromatic rings. The van der Waals surface area contributed by atoms with Gasteiger partial charge in [-0.1, -0.05) is 12.1 Å². The van der Waals surface area contributed by atoms with Gasteiger partial charge in [0, 0.05) is 0 Å². The van der Waals surface area contributed by atoms with Gasteiger partial charge in [0.25, 0.3) is 0 Å². The lowest BCUT2D eigenvalue weighted by atomic mass is 10.2. The van der Waals surface area contributed by atoms with Crippen LogP contribution in [0.25, 0.3) is 11.1 Å². The van der Waals surface area contributed by atoms with Gasteiger partial charge >= 0.3 is 6.01 Å². The standard InChI is InChI=1S/C11H12N4O/c1-8-4-2-5-9-10(8)14-11(16-9)15(13)7-3-6-12/h2,4-5H,3,7,13H2,1H3. The molecule has 0 spiro atoms. The Morgan fingerprint density at radius 3 is 3.06 bits per heavy atom. The number of hydrogen-bond acceptors (Lipinski definition) is 5. The summed E-state index contributed by atoms with van der Waals surface area (Å²) in [5.41, 5.74) is 2.56. The number of anilines is 1. The van der Waals surface area contributed by atoms with Crippen molar-refractivity contribution in [3.05, 3.63) is 23.8 Å². The van der Waals surface area contributed by atoms with E-state index in [0.717, 1.165) is 11.1 Å². The molecule has 1 aromatic heterocycles. The summed E-state index contributed by atoms with van der Waals surface area (Å²) in [6.45, 7) is 2.37. The van der Waals surface area contributed by atoms with Gasteiger partial charge in [-0.05, 0) is 18.6 Å². The zero-order valence-electron chi connectivity index (χ0n) is 8.97. The fraction of sp³-hybridized carbons (Fsp3) is 0.273. The molecular formula is C11H12N4O. The van der Waals surface area contributed by atoms with E-state index >= 15 is 0 Å². The van der Waals surface area contributed by atoms with Crippen molar-refractivity contribution in [1.82, 2.24) is 4.98 Å². The summed E-state index contributed by atoms with van der Waals surface area (Å²) >= 11 is 0. The van der Waals surface area contributed by atoms with Crippen molar-refractivity contribution in [3.63, 3.8) is 0 Å². The average molecular weight is 216 g/mol. The first kappa shape index (κ1) is 10.5. The fourth-order valence-electron chi connectivity index (χ4n) is 1.46. The normalized spacial score (nSPS) is 10.3. The molecule has 0 saturated carbocycles. The van der Waals surface area contributed by atoms with Crippen LogP contribution in [0.3, 0.4) is 0 Å². The zero-order chi connectivity index (χ0) is 11.5. The Morgan fingerprint density at radius 2 is 2.38 bits per heavy atom. The monoisotopic (exact) mass is 216 g/mol. The maximum atomic E-state index is 8.46. The van der Waals surface area contributed by atoms with E-state index in [4.69, 9.17) is 15.5 Å². The molecule has 0 aliphatic heterocycles. The number of nitrogens with zero attached hydrogens (tertiary/aromatic N) is 3. The summed E-state index contributed by atoms with van der Waals surface area (Å²) in [6, 6.07) is 8.08. The van der Waals surface area contributed by atoms with Crippen LogP contribution in [0.1, 0.15) is 12.0 Å². The minimum atomic E-state index is 0.341. The van der Waals surface area contributed by atoms with Crippen LogP contribution in [-0.4, -0.2) is 11.5 Å². The van der Waals surface area contributed by atoms with E-state index in [2.05, 4.69) is 4.98 Å². The lowest BCUT2D eigenvalue weighted by Crippen LogP contribution is -2.31. The topological polar surface area (TPSA) is 79.1 Å². The number of rotatable bonds is 3. The highest BCUT2D eigenvalue weighted by Gasteiger charge is 2.11. The highest BCUT2D eigenvalue weighted by Crippen LogP contribution is 2.22. The molecule has 0 fully saturated rings. The van der Waals surface area contributed by atoms with Gasteiger partial charge in [0.15, 0.2) is 5.58 Å². The van der Waals surface area contributed by atoms with Gasteiger partial charge < -0.3 is 4.42 Å². The number of fused-ring (bicyclic) bond motifs is 1. The summed E-state index contributed by atoms with van der Waals surface area (Å²) < 4.78 is 5.49. The molecule has 0 radical (unpaired) electrons. The molecule has 0 bridgehead atoms. The number of nitriles is 1. The maximum absolute atomic E-state index is 8.46. The van der Waals surface area contributed by atoms with Crippen molar-refractivity contribution >= 4 is 17.1 Å². The largest absolute Gasteiger partial charge is 0.422 e. The van der Waals surface area contributed by atoms with Crippen LogP contribution in [0.4, 0.5) is 6.01 Å². The fourth-order valence-corrected chi connectivity index (χ4v) is 1.46. The van der Waals surface area contributed by atoms with Crippen molar-refractivity contribution < 1.29 is 4.42 Å². The van der Waals surface area contributed by atoms with Crippen LogP contribution in [0.15, 0.2) is 22.6 Å². The van der Waals surface area contributed by atoms with Crippen LogP contribution >= 0.6 is 0 Å². The quantitative estimate of drug-likeness (QED) is 0.624. The number of nitrogens with two attached hydrogens (primary N) is 1. The van der Waals surface area contributed by atoms with Gasteiger partial charge in [-0.3, -0.25) is 5.01 Å². The SMILES string of the molecule is Cc1cccc2oc(N(N)CCC#N)nc12. The number of hydrogen-bond donors (Lipinski definition) is 1. The molecule has 82 valence electrons.